The number of nitrogens with one attached hydrogen (secondary N) is 2. The summed E-state index contributed by atoms with van der Waals surface area (Å²) >= 11 is 1.14. The molecule has 0 fully saturated rings. The minimum atomic E-state index is -0.494. The Labute approximate surface area is 159 Å². The van der Waals surface area contributed by atoms with Gasteiger partial charge < -0.3 is 10.0 Å². The van der Waals surface area contributed by atoms with Gasteiger partial charge in [-0.15, -0.1) is 0 Å². The number of anilines is 1. The lowest BCUT2D eigenvalue weighted by molar-refractivity contribution is -0.387. The van der Waals surface area contributed by atoms with Crippen LogP contribution < -0.4 is 10.0 Å². The lowest BCUT2D eigenvalue weighted by Crippen LogP contribution is -2.17. The van der Waals surface area contributed by atoms with Crippen molar-refractivity contribution in [3.8, 4) is 0 Å². The molecule has 2 N–H and O–H groups in total. The number of carbonyl (C=O) groups is 1. The summed E-state index contributed by atoms with van der Waals surface area (Å²) in [4.78, 5) is 22.7. The van der Waals surface area contributed by atoms with Crippen LogP contribution in [0.5, 0.6) is 0 Å². The zero-order valence-corrected chi connectivity index (χ0v) is 16.9. The largest absolute Gasteiger partial charge is 0.355 e. The van der Waals surface area contributed by atoms with Gasteiger partial charge >= 0.3 is 0 Å². The molecule has 0 spiro atoms. The smallest absolute Gasteiger partial charge is 0.285 e. The Balaban J connectivity index is 0.00000146. The Morgan fingerprint density at radius 2 is 1.62 bits per heavy atom. The second-order valence-electron chi connectivity index (χ2n) is 4.59. The van der Waals surface area contributed by atoms with Crippen LogP contribution in [0.15, 0.2) is 47.4 Å². The Hall–Kier alpha value is -2.54. The standard InChI is InChI=1S/C15H15N3O3S.2C2H6/c1-10-3-6-12(7-4-10)17-22-14-8-5-11(15(19)16-2)9-13(14)18(20)21;2*1-2/h3-9,17H,1-2H3,(H,16,19);2*1-2H3. The molecule has 0 atom stereocenters. The summed E-state index contributed by atoms with van der Waals surface area (Å²) in [6.45, 7) is 9.99. The lowest BCUT2D eigenvalue weighted by atomic mass is 10.2. The molecule has 0 aliphatic rings. The number of hydrogen-bond acceptors (Lipinski definition) is 5. The second-order valence-corrected chi connectivity index (χ2v) is 5.44. The minimum Gasteiger partial charge on any atom is -0.355 e. The SMILES string of the molecule is CC.CC.CNC(=O)c1ccc(SNc2ccc(C)cc2)c([N+](=O)[O-])c1. The van der Waals surface area contributed by atoms with Gasteiger partial charge in [-0.1, -0.05) is 45.4 Å². The van der Waals surface area contributed by atoms with E-state index in [9.17, 15) is 14.9 Å². The minimum absolute atomic E-state index is 0.106. The summed E-state index contributed by atoms with van der Waals surface area (Å²) in [6.07, 6.45) is 0. The highest BCUT2D eigenvalue weighted by Crippen LogP contribution is 2.31. The van der Waals surface area contributed by atoms with E-state index >= 15 is 0 Å². The lowest BCUT2D eigenvalue weighted by Gasteiger charge is -2.07. The first-order chi connectivity index (χ1) is 12.5. The number of carbonyl (C=O) groups excluding carboxylic acids is 1. The summed E-state index contributed by atoms with van der Waals surface area (Å²) in [7, 11) is 1.48. The van der Waals surface area contributed by atoms with Crippen LogP contribution in [0, 0.1) is 17.0 Å². The van der Waals surface area contributed by atoms with Gasteiger partial charge in [-0.05, 0) is 43.1 Å². The molecule has 2 aromatic carbocycles. The highest BCUT2D eigenvalue weighted by atomic mass is 32.2. The topological polar surface area (TPSA) is 84.3 Å². The maximum absolute atomic E-state index is 11.6. The number of hydrogen-bond donors (Lipinski definition) is 2. The number of rotatable bonds is 5. The van der Waals surface area contributed by atoms with E-state index in [2.05, 4.69) is 10.0 Å². The van der Waals surface area contributed by atoms with Crippen LogP contribution in [0.3, 0.4) is 0 Å². The molecule has 0 unspecified atom stereocenters. The van der Waals surface area contributed by atoms with Crippen LogP contribution in [-0.2, 0) is 0 Å². The van der Waals surface area contributed by atoms with Crippen molar-refractivity contribution in [2.75, 3.05) is 11.8 Å². The van der Waals surface area contributed by atoms with Gasteiger partial charge in [0.05, 0.1) is 4.92 Å². The Morgan fingerprint density at radius 1 is 1.04 bits per heavy atom. The molecule has 0 aliphatic heterocycles. The number of nitro groups is 1. The monoisotopic (exact) mass is 377 g/mol. The fraction of sp³-hybridized carbons (Fsp3) is 0.316. The van der Waals surface area contributed by atoms with Crippen molar-refractivity contribution in [2.45, 2.75) is 39.5 Å². The molecular formula is C19H27N3O3S. The molecule has 0 saturated carbocycles. The first kappa shape index (κ1) is 23.5. The molecule has 0 saturated heterocycles. The fourth-order valence-corrected chi connectivity index (χ4v) is 2.51. The van der Waals surface area contributed by atoms with Crippen molar-refractivity contribution in [2.24, 2.45) is 0 Å². The molecule has 2 aromatic rings. The predicted octanol–water partition coefficient (Wildman–Crippen LogP) is 5.43. The summed E-state index contributed by atoms with van der Waals surface area (Å²) in [6, 6.07) is 12.1. The van der Waals surface area contributed by atoms with Crippen molar-refractivity contribution < 1.29 is 9.72 Å². The van der Waals surface area contributed by atoms with Gasteiger partial charge in [-0.3, -0.25) is 14.9 Å². The molecule has 142 valence electrons. The van der Waals surface area contributed by atoms with Crippen LogP contribution in [-0.4, -0.2) is 17.9 Å². The third kappa shape index (κ3) is 7.14. The van der Waals surface area contributed by atoms with Crippen molar-refractivity contribution >= 4 is 29.2 Å². The Kier molecular flexibility index (Phi) is 11.5. The highest BCUT2D eigenvalue weighted by molar-refractivity contribution is 8.00. The van der Waals surface area contributed by atoms with Crippen molar-refractivity contribution in [3.63, 3.8) is 0 Å². The molecule has 6 nitrogen and oxygen atoms in total. The number of benzene rings is 2. The Morgan fingerprint density at radius 3 is 2.12 bits per heavy atom. The zero-order valence-electron chi connectivity index (χ0n) is 16.1. The average Bonchev–Trinajstić information content (AvgIpc) is 2.69. The molecule has 0 aromatic heterocycles. The van der Waals surface area contributed by atoms with E-state index in [4.69, 9.17) is 0 Å². The van der Waals surface area contributed by atoms with Crippen LogP contribution in [0.25, 0.3) is 0 Å². The van der Waals surface area contributed by atoms with Gasteiger partial charge in [0.15, 0.2) is 0 Å². The number of amides is 1. The molecule has 0 radical (unpaired) electrons. The van der Waals surface area contributed by atoms with E-state index in [-0.39, 0.29) is 17.2 Å². The normalized spacial score (nSPS) is 9.00. The molecule has 2 rings (SSSR count). The first-order valence-electron chi connectivity index (χ1n) is 8.51. The van der Waals surface area contributed by atoms with Crippen molar-refractivity contribution in [1.82, 2.24) is 5.32 Å². The third-order valence-corrected chi connectivity index (χ3v) is 3.88. The number of nitro benzene ring substituents is 1. The highest BCUT2D eigenvalue weighted by Gasteiger charge is 2.17. The summed E-state index contributed by atoms with van der Waals surface area (Å²) in [5.74, 6) is -0.355. The third-order valence-electron chi connectivity index (χ3n) is 2.98. The van der Waals surface area contributed by atoms with E-state index in [1.54, 1.807) is 12.1 Å². The molecular weight excluding hydrogens is 350 g/mol. The molecule has 7 heteroatoms. The van der Waals surface area contributed by atoms with Crippen molar-refractivity contribution in [3.05, 3.63) is 63.7 Å². The maximum Gasteiger partial charge on any atom is 0.285 e. The maximum atomic E-state index is 11.6. The van der Waals surface area contributed by atoms with Crippen LogP contribution in [0.1, 0.15) is 43.6 Å². The molecule has 26 heavy (non-hydrogen) atoms. The number of nitrogens with zero attached hydrogens (tertiary/aromatic N) is 1. The van der Waals surface area contributed by atoms with Crippen LogP contribution >= 0.6 is 11.9 Å². The van der Waals surface area contributed by atoms with Gasteiger partial charge in [0, 0.05) is 24.4 Å². The quantitative estimate of drug-likeness (QED) is 0.412. The fourth-order valence-electron chi connectivity index (χ4n) is 1.77. The van der Waals surface area contributed by atoms with Crippen molar-refractivity contribution in [1.29, 1.82) is 0 Å². The van der Waals surface area contributed by atoms with E-state index in [0.717, 1.165) is 23.2 Å². The van der Waals surface area contributed by atoms with E-state index in [1.807, 2.05) is 58.9 Å². The van der Waals surface area contributed by atoms with Gasteiger partial charge in [0.25, 0.3) is 11.6 Å². The van der Waals surface area contributed by atoms with E-state index in [0.29, 0.717) is 4.90 Å². The van der Waals surface area contributed by atoms with E-state index < -0.39 is 4.92 Å². The molecule has 0 heterocycles. The van der Waals surface area contributed by atoms with Gasteiger partial charge in [-0.2, -0.15) is 0 Å². The Bertz CT molecular complexity index is 704. The zero-order chi connectivity index (χ0) is 20.1. The predicted molar refractivity (Wildman–Crippen MR) is 110 cm³/mol. The summed E-state index contributed by atoms with van der Waals surface area (Å²) < 4.78 is 3.06. The van der Waals surface area contributed by atoms with Crippen LogP contribution in [0.2, 0.25) is 0 Å². The molecule has 0 bridgehead atoms. The summed E-state index contributed by atoms with van der Waals surface area (Å²) in [5.41, 5.74) is 2.14. The van der Waals surface area contributed by atoms with Gasteiger partial charge in [0.1, 0.15) is 4.90 Å². The number of aryl methyl sites for hydroxylation is 1. The summed E-state index contributed by atoms with van der Waals surface area (Å²) in [5, 5.41) is 13.6. The van der Waals surface area contributed by atoms with Crippen LogP contribution in [0.4, 0.5) is 11.4 Å². The molecule has 0 aliphatic carbocycles. The van der Waals surface area contributed by atoms with Gasteiger partial charge in [-0.25, -0.2) is 0 Å². The average molecular weight is 378 g/mol. The first-order valence-corrected chi connectivity index (χ1v) is 9.33. The molecule has 1 amide bonds. The van der Waals surface area contributed by atoms with E-state index in [1.165, 1.54) is 13.1 Å². The van der Waals surface area contributed by atoms with Gasteiger partial charge in [0.2, 0.25) is 0 Å². The second kappa shape index (κ2) is 12.8.